The van der Waals surface area contributed by atoms with Crippen LogP contribution >= 0.6 is 22.6 Å². The van der Waals surface area contributed by atoms with Crippen molar-refractivity contribution in [1.82, 2.24) is 5.32 Å². The lowest BCUT2D eigenvalue weighted by Crippen LogP contribution is -2.28. The molecule has 0 aliphatic rings. The second-order valence-electron chi connectivity index (χ2n) is 4.25. The van der Waals surface area contributed by atoms with E-state index in [1.54, 1.807) is 0 Å². The number of hydrogen-bond donors (Lipinski definition) is 2. The number of rotatable bonds is 3. The van der Waals surface area contributed by atoms with Crippen molar-refractivity contribution in [1.29, 1.82) is 0 Å². The van der Waals surface area contributed by atoms with Crippen molar-refractivity contribution < 1.29 is 4.79 Å². The Balaban J connectivity index is 1.93. The number of halogens is 1. The number of carbonyl (C=O) groups excluding carboxylic acids is 1. The van der Waals surface area contributed by atoms with Crippen LogP contribution in [-0.2, 0) is 6.54 Å². The number of carbonyl (C=O) groups is 1. The molecule has 0 fully saturated rings. The van der Waals surface area contributed by atoms with Gasteiger partial charge in [0.05, 0.1) is 0 Å². The molecule has 98 valence electrons. The highest BCUT2D eigenvalue weighted by atomic mass is 127. The first-order valence-corrected chi connectivity index (χ1v) is 7.08. The van der Waals surface area contributed by atoms with Crippen LogP contribution in [0.3, 0.4) is 0 Å². The Morgan fingerprint density at radius 1 is 1.16 bits per heavy atom. The van der Waals surface area contributed by atoms with Gasteiger partial charge in [-0.2, -0.15) is 0 Å². The summed E-state index contributed by atoms with van der Waals surface area (Å²) in [6.45, 7) is 2.50. The number of anilines is 1. The molecular weight excluding hydrogens is 351 g/mol. The lowest BCUT2D eigenvalue weighted by Gasteiger charge is -2.10. The van der Waals surface area contributed by atoms with Gasteiger partial charge >= 0.3 is 6.03 Å². The Hall–Kier alpha value is -1.56. The Labute approximate surface area is 126 Å². The van der Waals surface area contributed by atoms with E-state index >= 15 is 0 Å². The molecule has 4 heteroatoms. The molecule has 3 nitrogen and oxygen atoms in total. The molecule has 0 saturated carbocycles. The summed E-state index contributed by atoms with van der Waals surface area (Å²) in [6, 6.07) is 15.6. The lowest BCUT2D eigenvalue weighted by molar-refractivity contribution is 0.251. The third-order valence-electron chi connectivity index (χ3n) is 2.74. The van der Waals surface area contributed by atoms with Crippen molar-refractivity contribution in [3.05, 3.63) is 63.2 Å². The van der Waals surface area contributed by atoms with Crippen LogP contribution in [0.25, 0.3) is 0 Å². The van der Waals surface area contributed by atoms with E-state index < -0.39 is 0 Å². The van der Waals surface area contributed by atoms with Crippen molar-refractivity contribution in [2.45, 2.75) is 13.5 Å². The van der Waals surface area contributed by atoms with Gasteiger partial charge in [-0.3, -0.25) is 0 Å². The van der Waals surface area contributed by atoms with Crippen LogP contribution in [0.4, 0.5) is 10.5 Å². The summed E-state index contributed by atoms with van der Waals surface area (Å²) in [5, 5.41) is 5.71. The van der Waals surface area contributed by atoms with Gasteiger partial charge in [-0.05, 0) is 52.8 Å². The quantitative estimate of drug-likeness (QED) is 0.795. The highest BCUT2D eigenvalue weighted by Gasteiger charge is 2.04. The van der Waals surface area contributed by atoms with Gasteiger partial charge < -0.3 is 10.6 Å². The van der Waals surface area contributed by atoms with Gasteiger partial charge in [-0.15, -0.1) is 0 Å². The van der Waals surface area contributed by atoms with Crippen molar-refractivity contribution in [3.63, 3.8) is 0 Å². The van der Waals surface area contributed by atoms with Crippen molar-refractivity contribution in [2.24, 2.45) is 0 Å². The molecule has 0 heterocycles. The molecule has 0 bridgehead atoms. The molecule has 2 aromatic rings. The minimum atomic E-state index is -0.186. The van der Waals surface area contributed by atoms with Gasteiger partial charge in [0.1, 0.15) is 0 Å². The Morgan fingerprint density at radius 3 is 2.63 bits per heavy atom. The molecule has 0 radical (unpaired) electrons. The maximum absolute atomic E-state index is 11.8. The summed E-state index contributed by atoms with van der Waals surface area (Å²) in [6.07, 6.45) is 0. The second kappa shape index (κ2) is 6.56. The number of benzene rings is 2. The largest absolute Gasteiger partial charge is 0.334 e. The van der Waals surface area contributed by atoms with E-state index in [0.29, 0.717) is 6.54 Å². The molecule has 2 amide bonds. The molecule has 2 N–H and O–H groups in total. The zero-order chi connectivity index (χ0) is 13.7. The van der Waals surface area contributed by atoms with Gasteiger partial charge in [0.15, 0.2) is 0 Å². The van der Waals surface area contributed by atoms with Crippen LogP contribution in [0.5, 0.6) is 0 Å². The van der Waals surface area contributed by atoms with E-state index in [2.05, 4.69) is 33.2 Å². The summed E-state index contributed by atoms with van der Waals surface area (Å²) in [4.78, 5) is 11.8. The van der Waals surface area contributed by atoms with Crippen LogP contribution in [-0.4, -0.2) is 6.03 Å². The van der Waals surface area contributed by atoms with Crippen molar-refractivity contribution >= 4 is 34.3 Å². The fourth-order valence-electron chi connectivity index (χ4n) is 1.67. The molecule has 0 aliphatic carbocycles. The van der Waals surface area contributed by atoms with Gasteiger partial charge in [-0.1, -0.05) is 36.4 Å². The topological polar surface area (TPSA) is 41.1 Å². The average Bonchev–Trinajstić information content (AvgIpc) is 2.42. The van der Waals surface area contributed by atoms with Crippen LogP contribution in [0.2, 0.25) is 0 Å². The van der Waals surface area contributed by atoms with E-state index in [1.807, 2.05) is 55.5 Å². The Morgan fingerprint density at radius 2 is 1.89 bits per heavy atom. The highest BCUT2D eigenvalue weighted by Crippen LogP contribution is 2.17. The number of amides is 2. The fourth-order valence-corrected chi connectivity index (χ4v) is 2.16. The summed E-state index contributed by atoms with van der Waals surface area (Å²) < 4.78 is 1.10. The SMILES string of the molecule is Cc1ccc(I)cc1NC(=O)NCc1ccccc1. The first kappa shape index (κ1) is 13.9. The number of hydrogen-bond acceptors (Lipinski definition) is 1. The molecule has 0 atom stereocenters. The fraction of sp³-hybridized carbons (Fsp3) is 0.133. The Kier molecular flexibility index (Phi) is 4.79. The van der Waals surface area contributed by atoms with Crippen LogP contribution < -0.4 is 10.6 Å². The van der Waals surface area contributed by atoms with E-state index in [4.69, 9.17) is 0 Å². The molecule has 2 rings (SSSR count). The molecule has 19 heavy (non-hydrogen) atoms. The second-order valence-corrected chi connectivity index (χ2v) is 5.50. The maximum Gasteiger partial charge on any atom is 0.319 e. The van der Waals surface area contributed by atoms with E-state index in [9.17, 15) is 4.79 Å². The maximum atomic E-state index is 11.8. The third kappa shape index (κ3) is 4.24. The molecule has 0 unspecified atom stereocenters. The summed E-state index contributed by atoms with van der Waals surface area (Å²) in [5.74, 6) is 0. The minimum Gasteiger partial charge on any atom is -0.334 e. The van der Waals surface area contributed by atoms with Gasteiger partial charge in [0, 0.05) is 15.8 Å². The first-order valence-electron chi connectivity index (χ1n) is 6.00. The average molecular weight is 366 g/mol. The summed E-state index contributed by atoms with van der Waals surface area (Å²) in [5.41, 5.74) is 2.98. The van der Waals surface area contributed by atoms with Crippen LogP contribution in [0, 0.1) is 10.5 Å². The zero-order valence-electron chi connectivity index (χ0n) is 10.6. The molecular formula is C15H15IN2O. The third-order valence-corrected chi connectivity index (χ3v) is 3.41. The monoisotopic (exact) mass is 366 g/mol. The number of nitrogens with one attached hydrogen (secondary N) is 2. The lowest BCUT2D eigenvalue weighted by atomic mass is 10.2. The number of urea groups is 1. The minimum absolute atomic E-state index is 0.186. The van der Waals surface area contributed by atoms with Gasteiger partial charge in [-0.25, -0.2) is 4.79 Å². The van der Waals surface area contributed by atoms with E-state index in [0.717, 1.165) is 20.4 Å². The van der Waals surface area contributed by atoms with Crippen molar-refractivity contribution in [3.8, 4) is 0 Å². The van der Waals surface area contributed by atoms with Crippen LogP contribution in [0.15, 0.2) is 48.5 Å². The van der Waals surface area contributed by atoms with Gasteiger partial charge in [0.25, 0.3) is 0 Å². The first-order chi connectivity index (χ1) is 9.15. The Bertz CT molecular complexity index is 570. The van der Waals surface area contributed by atoms with E-state index in [-0.39, 0.29) is 6.03 Å². The van der Waals surface area contributed by atoms with E-state index in [1.165, 1.54) is 0 Å². The molecule has 0 aliphatic heterocycles. The van der Waals surface area contributed by atoms with Crippen molar-refractivity contribution in [2.75, 3.05) is 5.32 Å². The number of aryl methyl sites for hydroxylation is 1. The molecule has 0 saturated heterocycles. The highest BCUT2D eigenvalue weighted by molar-refractivity contribution is 14.1. The summed E-state index contributed by atoms with van der Waals surface area (Å²) >= 11 is 2.23. The molecule has 0 aromatic heterocycles. The predicted molar refractivity (Wildman–Crippen MR) is 86.2 cm³/mol. The smallest absolute Gasteiger partial charge is 0.319 e. The van der Waals surface area contributed by atoms with Crippen LogP contribution in [0.1, 0.15) is 11.1 Å². The molecule has 2 aromatic carbocycles. The zero-order valence-corrected chi connectivity index (χ0v) is 12.8. The standard InChI is InChI=1S/C15H15IN2O/c1-11-7-8-13(16)9-14(11)18-15(19)17-10-12-5-3-2-4-6-12/h2-9H,10H2,1H3,(H2,17,18,19). The predicted octanol–water partition coefficient (Wildman–Crippen LogP) is 3.92. The van der Waals surface area contributed by atoms with Gasteiger partial charge in [0.2, 0.25) is 0 Å². The normalized spacial score (nSPS) is 10.0. The summed E-state index contributed by atoms with van der Waals surface area (Å²) in [7, 11) is 0. The molecule has 0 spiro atoms.